The predicted molar refractivity (Wildman–Crippen MR) is 80.8 cm³/mol. The van der Waals surface area contributed by atoms with Gasteiger partial charge in [-0.1, -0.05) is 52.2 Å². The van der Waals surface area contributed by atoms with E-state index in [0.717, 1.165) is 25.7 Å². The molecule has 0 bridgehead atoms. The molecule has 18 heavy (non-hydrogen) atoms. The lowest BCUT2D eigenvalue weighted by atomic mass is 9.76. The van der Waals surface area contributed by atoms with Crippen molar-refractivity contribution in [2.75, 3.05) is 0 Å². The molecule has 1 atom stereocenters. The van der Waals surface area contributed by atoms with Gasteiger partial charge in [-0.25, -0.2) is 0 Å². The highest BCUT2D eigenvalue weighted by molar-refractivity contribution is 5.84. The van der Waals surface area contributed by atoms with Crippen LogP contribution in [0.2, 0.25) is 0 Å². The second kappa shape index (κ2) is 9.35. The highest BCUT2D eigenvalue weighted by Gasteiger charge is 2.29. The Morgan fingerprint density at radius 2 is 1.72 bits per heavy atom. The van der Waals surface area contributed by atoms with Crippen LogP contribution < -0.4 is 0 Å². The van der Waals surface area contributed by atoms with Crippen molar-refractivity contribution >= 4 is 5.78 Å². The molecule has 0 aliphatic carbocycles. The molecule has 1 nitrogen and oxygen atoms in total. The summed E-state index contributed by atoms with van der Waals surface area (Å²) < 4.78 is 0. The van der Waals surface area contributed by atoms with E-state index in [4.69, 9.17) is 0 Å². The maximum atomic E-state index is 12.1. The Hall–Kier alpha value is -0.590. The van der Waals surface area contributed by atoms with Gasteiger partial charge in [-0.05, 0) is 39.0 Å². The maximum absolute atomic E-state index is 12.1. The minimum absolute atomic E-state index is 0.0748. The van der Waals surface area contributed by atoms with E-state index in [9.17, 15) is 4.79 Å². The fourth-order valence-corrected chi connectivity index (χ4v) is 2.82. The van der Waals surface area contributed by atoms with Crippen molar-refractivity contribution in [1.29, 1.82) is 0 Å². The van der Waals surface area contributed by atoms with E-state index < -0.39 is 0 Å². The van der Waals surface area contributed by atoms with Gasteiger partial charge in [0.2, 0.25) is 0 Å². The van der Waals surface area contributed by atoms with Crippen LogP contribution in [-0.4, -0.2) is 5.78 Å². The van der Waals surface area contributed by atoms with Crippen LogP contribution in [0, 0.1) is 5.41 Å². The quantitative estimate of drug-likeness (QED) is 0.456. The molecule has 0 heterocycles. The first-order valence-corrected chi connectivity index (χ1v) is 7.71. The number of carbonyl (C=O) groups is 1. The lowest BCUT2D eigenvalue weighted by Crippen LogP contribution is -2.27. The molecule has 0 radical (unpaired) electrons. The van der Waals surface area contributed by atoms with E-state index >= 15 is 0 Å². The van der Waals surface area contributed by atoms with Gasteiger partial charge >= 0.3 is 0 Å². The normalized spacial score (nSPS) is 15.5. The zero-order valence-electron chi connectivity index (χ0n) is 13.1. The summed E-state index contributed by atoms with van der Waals surface area (Å²) in [6.45, 7) is 10.7. The number of hydrogen-bond acceptors (Lipinski definition) is 1. The van der Waals surface area contributed by atoms with E-state index in [-0.39, 0.29) is 5.41 Å². The third kappa shape index (κ3) is 5.84. The zero-order valence-corrected chi connectivity index (χ0v) is 13.1. The molecule has 0 aliphatic rings. The highest BCUT2D eigenvalue weighted by atomic mass is 16.1. The first-order chi connectivity index (χ1) is 8.53. The molecule has 0 fully saturated rings. The standard InChI is InChI=1S/C17H32O/c1-6-11-15(8-3)12-10-14-17(5,13-7-2)16(18)9-4/h8H,6-7,9-14H2,1-5H3/b15-8+. The van der Waals surface area contributed by atoms with Crippen LogP contribution in [0.3, 0.4) is 0 Å². The summed E-state index contributed by atoms with van der Waals surface area (Å²) in [5.41, 5.74) is 1.48. The molecule has 0 saturated carbocycles. The number of Topliss-reactive ketones (excluding diaryl/α,β-unsaturated/α-hetero) is 1. The average Bonchev–Trinajstić information content (AvgIpc) is 2.37. The Balaban J connectivity index is 4.32. The van der Waals surface area contributed by atoms with Crippen LogP contribution >= 0.6 is 0 Å². The van der Waals surface area contributed by atoms with E-state index in [1.54, 1.807) is 5.57 Å². The van der Waals surface area contributed by atoms with Crippen LogP contribution in [0.5, 0.6) is 0 Å². The number of carbonyl (C=O) groups excluding carboxylic acids is 1. The van der Waals surface area contributed by atoms with Crippen molar-refractivity contribution in [3.63, 3.8) is 0 Å². The first-order valence-electron chi connectivity index (χ1n) is 7.71. The summed E-state index contributed by atoms with van der Waals surface area (Å²) in [6.07, 6.45) is 10.9. The lowest BCUT2D eigenvalue weighted by molar-refractivity contribution is -0.128. The Morgan fingerprint density at radius 3 is 2.17 bits per heavy atom. The van der Waals surface area contributed by atoms with Gasteiger partial charge in [0, 0.05) is 11.8 Å². The molecule has 0 saturated heterocycles. The largest absolute Gasteiger partial charge is 0.299 e. The van der Waals surface area contributed by atoms with Gasteiger partial charge in [0.1, 0.15) is 5.78 Å². The van der Waals surface area contributed by atoms with Gasteiger partial charge in [0.05, 0.1) is 0 Å². The molecule has 0 aromatic heterocycles. The summed E-state index contributed by atoms with van der Waals surface area (Å²) in [7, 11) is 0. The smallest absolute Gasteiger partial charge is 0.138 e. The van der Waals surface area contributed by atoms with Crippen molar-refractivity contribution in [2.24, 2.45) is 5.41 Å². The SMILES string of the molecule is C/C=C(\CCC)CCCC(C)(CCC)C(=O)CC. The Bertz CT molecular complexity index is 265. The van der Waals surface area contributed by atoms with Gasteiger partial charge in [-0.3, -0.25) is 4.79 Å². The molecule has 106 valence electrons. The van der Waals surface area contributed by atoms with Crippen LogP contribution in [0.15, 0.2) is 11.6 Å². The fourth-order valence-electron chi connectivity index (χ4n) is 2.82. The van der Waals surface area contributed by atoms with Crippen molar-refractivity contribution < 1.29 is 4.79 Å². The predicted octanol–water partition coefficient (Wildman–Crippen LogP) is 5.69. The van der Waals surface area contributed by atoms with Crippen LogP contribution in [0.25, 0.3) is 0 Å². The number of hydrogen-bond donors (Lipinski definition) is 0. The van der Waals surface area contributed by atoms with Crippen LogP contribution in [0.1, 0.15) is 86.0 Å². The van der Waals surface area contributed by atoms with E-state index in [0.29, 0.717) is 12.2 Å². The Kier molecular flexibility index (Phi) is 9.05. The molecule has 0 aromatic rings. The minimum atomic E-state index is -0.0748. The van der Waals surface area contributed by atoms with Crippen molar-refractivity contribution in [1.82, 2.24) is 0 Å². The third-order valence-electron chi connectivity index (χ3n) is 4.00. The van der Waals surface area contributed by atoms with E-state index in [2.05, 4.69) is 33.8 Å². The second-order valence-corrected chi connectivity index (χ2v) is 5.64. The highest BCUT2D eigenvalue weighted by Crippen LogP contribution is 2.33. The summed E-state index contributed by atoms with van der Waals surface area (Å²) in [5.74, 6) is 0.446. The molecular formula is C17H32O. The number of allylic oxidation sites excluding steroid dienone is 2. The third-order valence-corrected chi connectivity index (χ3v) is 4.00. The number of ketones is 1. The summed E-state index contributed by atoms with van der Waals surface area (Å²) >= 11 is 0. The lowest BCUT2D eigenvalue weighted by Gasteiger charge is -2.27. The molecular weight excluding hydrogens is 220 g/mol. The van der Waals surface area contributed by atoms with Crippen LogP contribution in [0.4, 0.5) is 0 Å². The van der Waals surface area contributed by atoms with Gasteiger partial charge in [-0.15, -0.1) is 0 Å². The minimum Gasteiger partial charge on any atom is -0.299 e. The molecule has 0 amide bonds. The van der Waals surface area contributed by atoms with E-state index in [1.165, 1.54) is 19.3 Å². The maximum Gasteiger partial charge on any atom is 0.138 e. The van der Waals surface area contributed by atoms with E-state index in [1.807, 2.05) is 6.92 Å². The Labute approximate surface area is 114 Å². The Morgan fingerprint density at radius 1 is 1.06 bits per heavy atom. The zero-order chi connectivity index (χ0) is 14.0. The topological polar surface area (TPSA) is 17.1 Å². The van der Waals surface area contributed by atoms with Gasteiger partial charge in [0.15, 0.2) is 0 Å². The van der Waals surface area contributed by atoms with Crippen molar-refractivity contribution in [3.8, 4) is 0 Å². The average molecular weight is 252 g/mol. The fraction of sp³-hybridized carbons (Fsp3) is 0.824. The van der Waals surface area contributed by atoms with Crippen LogP contribution in [-0.2, 0) is 4.79 Å². The second-order valence-electron chi connectivity index (χ2n) is 5.64. The first kappa shape index (κ1) is 17.4. The molecule has 0 spiro atoms. The molecule has 0 aromatic carbocycles. The number of rotatable bonds is 10. The van der Waals surface area contributed by atoms with Gasteiger partial charge < -0.3 is 0 Å². The van der Waals surface area contributed by atoms with Gasteiger partial charge in [0.25, 0.3) is 0 Å². The summed E-state index contributed by atoms with van der Waals surface area (Å²) in [4.78, 5) is 12.1. The monoisotopic (exact) mass is 252 g/mol. The molecule has 0 aliphatic heterocycles. The van der Waals surface area contributed by atoms with Crippen molar-refractivity contribution in [3.05, 3.63) is 11.6 Å². The van der Waals surface area contributed by atoms with Crippen molar-refractivity contribution in [2.45, 2.75) is 86.0 Å². The molecule has 1 unspecified atom stereocenters. The summed E-state index contributed by atoms with van der Waals surface area (Å²) in [5, 5.41) is 0. The molecule has 0 rings (SSSR count). The van der Waals surface area contributed by atoms with Gasteiger partial charge in [-0.2, -0.15) is 0 Å². The molecule has 1 heteroatoms. The summed E-state index contributed by atoms with van der Waals surface area (Å²) in [6, 6.07) is 0. The molecule has 0 N–H and O–H groups in total.